The number of carbonyl (C=O) groups is 3. The average molecular weight is 540 g/mol. The molecule has 1 saturated heterocycles. The van der Waals surface area contributed by atoms with Crippen molar-refractivity contribution in [1.82, 2.24) is 15.0 Å². The summed E-state index contributed by atoms with van der Waals surface area (Å²) in [6.45, 7) is 6.48. The zero-order valence-electron chi connectivity index (χ0n) is 22.8. The first kappa shape index (κ1) is 28.3. The molecule has 3 N–H and O–H groups in total. The van der Waals surface area contributed by atoms with Crippen molar-refractivity contribution < 1.29 is 29.3 Å². The molecule has 0 aromatic carbocycles. The van der Waals surface area contributed by atoms with Crippen molar-refractivity contribution in [2.75, 3.05) is 29.9 Å². The minimum atomic E-state index is -1.35. The summed E-state index contributed by atoms with van der Waals surface area (Å²) in [6, 6.07) is 4.46. The molecule has 210 valence electrons. The summed E-state index contributed by atoms with van der Waals surface area (Å²) in [5, 5.41) is 21.6. The van der Waals surface area contributed by atoms with Crippen LogP contribution in [0.3, 0.4) is 0 Å². The third kappa shape index (κ3) is 7.01. The standard InChI is InChI=1S/C28H37N5O6/c1-16-25(29-15-21(28(37)38)14-24(34)39-17(2)27(35)36)30-18(3)31-26(16)33-12-10-20(11-13-33)23-9-8-19-6-4-5-7-22(19)32-23/h8-9,17,20-21H,4-7,10-15H2,1-3H3,(H,35,36)(H,37,38)(H,29,30,31)/t17-,21-/m0/s1. The molecule has 3 heterocycles. The zero-order valence-corrected chi connectivity index (χ0v) is 22.8. The van der Waals surface area contributed by atoms with Gasteiger partial charge in [0.2, 0.25) is 0 Å². The molecule has 0 bridgehead atoms. The van der Waals surface area contributed by atoms with Gasteiger partial charge in [-0.05, 0) is 70.9 Å². The van der Waals surface area contributed by atoms with Crippen LogP contribution in [-0.2, 0) is 32.0 Å². The summed E-state index contributed by atoms with van der Waals surface area (Å²) in [6.07, 6.45) is 4.79. The van der Waals surface area contributed by atoms with Gasteiger partial charge in [-0.15, -0.1) is 0 Å². The number of rotatable bonds is 10. The van der Waals surface area contributed by atoms with Gasteiger partial charge in [-0.2, -0.15) is 0 Å². The number of hydrogen-bond acceptors (Lipinski definition) is 9. The molecule has 0 radical (unpaired) electrons. The average Bonchev–Trinajstić information content (AvgIpc) is 2.92. The molecule has 1 aliphatic heterocycles. The Hall–Kier alpha value is -3.76. The van der Waals surface area contributed by atoms with E-state index >= 15 is 0 Å². The Kier molecular flexibility index (Phi) is 8.98. The highest BCUT2D eigenvalue weighted by Crippen LogP contribution is 2.33. The van der Waals surface area contributed by atoms with Gasteiger partial charge in [0.05, 0.1) is 12.3 Å². The lowest BCUT2D eigenvalue weighted by Crippen LogP contribution is -2.35. The van der Waals surface area contributed by atoms with Gasteiger partial charge in [0.1, 0.15) is 17.5 Å². The number of anilines is 2. The van der Waals surface area contributed by atoms with Crippen molar-refractivity contribution in [2.24, 2.45) is 5.92 Å². The van der Waals surface area contributed by atoms with Gasteiger partial charge in [0.15, 0.2) is 6.10 Å². The number of carbonyl (C=O) groups excluding carboxylic acids is 1. The third-order valence-electron chi connectivity index (χ3n) is 7.58. The molecule has 2 aromatic rings. The summed E-state index contributed by atoms with van der Waals surface area (Å²) in [4.78, 5) is 51.1. The van der Waals surface area contributed by atoms with Crippen LogP contribution in [0.15, 0.2) is 12.1 Å². The van der Waals surface area contributed by atoms with Crippen molar-refractivity contribution >= 4 is 29.5 Å². The van der Waals surface area contributed by atoms with E-state index in [2.05, 4.69) is 32.3 Å². The lowest BCUT2D eigenvalue weighted by atomic mass is 9.90. The fourth-order valence-corrected chi connectivity index (χ4v) is 5.27. The number of nitrogens with one attached hydrogen (secondary N) is 1. The Morgan fingerprint density at radius 3 is 2.46 bits per heavy atom. The van der Waals surface area contributed by atoms with Crippen LogP contribution in [0.5, 0.6) is 0 Å². The number of aromatic nitrogens is 3. The molecule has 4 rings (SSSR count). The second-order valence-corrected chi connectivity index (χ2v) is 10.5. The molecular weight excluding hydrogens is 502 g/mol. The first-order valence-corrected chi connectivity index (χ1v) is 13.6. The first-order chi connectivity index (χ1) is 18.6. The number of piperidine rings is 1. The largest absolute Gasteiger partial charge is 0.481 e. The number of ether oxygens (including phenoxy) is 1. The highest BCUT2D eigenvalue weighted by molar-refractivity contribution is 5.81. The van der Waals surface area contributed by atoms with Crippen LogP contribution < -0.4 is 10.2 Å². The molecular formula is C28H37N5O6. The first-order valence-electron chi connectivity index (χ1n) is 13.6. The normalized spacial score (nSPS) is 17.2. The molecule has 39 heavy (non-hydrogen) atoms. The van der Waals surface area contributed by atoms with Crippen LogP contribution in [0.4, 0.5) is 11.6 Å². The number of hydrogen-bond donors (Lipinski definition) is 3. The fourth-order valence-electron chi connectivity index (χ4n) is 5.27. The highest BCUT2D eigenvalue weighted by atomic mass is 16.6. The van der Waals surface area contributed by atoms with Gasteiger partial charge < -0.3 is 25.2 Å². The minimum Gasteiger partial charge on any atom is -0.481 e. The van der Waals surface area contributed by atoms with Crippen LogP contribution in [0.2, 0.25) is 0 Å². The second kappa shape index (κ2) is 12.4. The SMILES string of the molecule is Cc1nc(NC[C@H](CC(=O)O[C@@H](C)C(=O)O)C(=O)O)c(C)c(N2CCC(c3ccc4c(n3)CCCC4)CC2)n1. The van der Waals surface area contributed by atoms with Crippen molar-refractivity contribution in [3.05, 3.63) is 40.5 Å². The van der Waals surface area contributed by atoms with Gasteiger partial charge in [-0.1, -0.05) is 6.07 Å². The topological polar surface area (TPSA) is 155 Å². The second-order valence-electron chi connectivity index (χ2n) is 10.5. The van der Waals surface area contributed by atoms with Gasteiger partial charge >= 0.3 is 17.9 Å². The maximum atomic E-state index is 12.1. The molecule has 11 nitrogen and oxygen atoms in total. The summed E-state index contributed by atoms with van der Waals surface area (Å²) in [7, 11) is 0. The van der Waals surface area contributed by atoms with Gasteiger partial charge in [-0.25, -0.2) is 14.8 Å². The number of fused-ring (bicyclic) bond motifs is 1. The van der Waals surface area contributed by atoms with Crippen LogP contribution in [0, 0.1) is 19.8 Å². The Morgan fingerprint density at radius 1 is 1.05 bits per heavy atom. The molecule has 0 amide bonds. The van der Waals surface area contributed by atoms with Crippen molar-refractivity contribution in [2.45, 2.75) is 77.7 Å². The van der Waals surface area contributed by atoms with E-state index in [1.54, 1.807) is 6.92 Å². The lowest BCUT2D eigenvalue weighted by molar-refractivity contribution is -0.164. The maximum Gasteiger partial charge on any atom is 0.344 e. The van der Waals surface area contributed by atoms with Crippen molar-refractivity contribution in [1.29, 1.82) is 0 Å². The predicted molar refractivity (Wildman–Crippen MR) is 144 cm³/mol. The number of aliphatic carboxylic acids is 2. The summed E-state index contributed by atoms with van der Waals surface area (Å²) in [5.74, 6) is -2.20. The Labute approximate surface area is 228 Å². The molecule has 0 unspecified atom stereocenters. The van der Waals surface area contributed by atoms with Crippen molar-refractivity contribution in [3.8, 4) is 0 Å². The van der Waals surface area contributed by atoms with E-state index in [0.717, 1.165) is 50.2 Å². The third-order valence-corrected chi connectivity index (χ3v) is 7.58. The molecule has 11 heteroatoms. The number of carboxylic acids is 2. The van der Waals surface area contributed by atoms with E-state index in [-0.39, 0.29) is 6.54 Å². The number of pyridine rings is 1. The predicted octanol–water partition coefficient (Wildman–Crippen LogP) is 3.27. The summed E-state index contributed by atoms with van der Waals surface area (Å²) >= 11 is 0. The molecule has 1 fully saturated rings. The van der Waals surface area contributed by atoms with E-state index in [1.165, 1.54) is 36.7 Å². The molecule has 2 atom stereocenters. The molecule has 0 saturated carbocycles. The quantitative estimate of drug-likeness (QED) is 0.381. The van der Waals surface area contributed by atoms with E-state index in [1.807, 2.05) is 6.92 Å². The monoisotopic (exact) mass is 539 g/mol. The van der Waals surface area contributed by atoms with Gasteiger partial charge in [0.25, 0.3) is 0 Å². The van der Waals surface area contributed by atoms with Gasteiger partial charge in [-0.3, -0.25) is 14.6 Å². The number of nitrogens with zero attached hydrogens (tertiary/aromatic N) is 4. The number of esters is 1. The Bertz CT molecular complexity index is 1230. The molecule has 0 spiro atoms. The smallest absolute Gasteiger partial charge is 0.344 e. The van der Waals surface area contributed by atoms with Crippen LogP contribution in [0.25, 0.3) is 0 Å². The summed E-state index contributed by atoms with van der Waals surface area (Å²) in [5.41, 5.74) is 4.65. The number of aryl methyl sites for hydroxylation is 3. The van der Waals surface area contributed by atoms with Gasteiger partial charge in [0, 0.05) is 42.5 Å². The minimum absolute atomic E-state index is 0.0747. The van der Waals surface area contributed by atoms with E-state index in [0.29, 0.717) is 17.6 Å². The molecule has 2 aromatic heterocycles. The fraction of sp³-hybridized carbons (Fsp3) is 0.571. The van der Waals surface area contributed by atoms with E-state index in [9.17, 15) is 19.5 Å². The van der Waals surface area contributed by atoms with E-state index < -0.39 is 36.4 Å². The zero-order chi connectivity index (χ0) is 28.1. The Morgan fingerprint density at radius 2 is 1.77 bits per heavy atom. The van der Waals surface area contributed by atoms with Crippen LogP contribution in [0.1, 0.15) is 73.3 Å². The van der Waals surface area contributed by atoms with E-state index in [4.69, 9.17) is 14.8 Å². The lowest BCUT2D eigenvalue weighted by Gasteiger charge is -2.34. The van der Waals surface area contributed by atoms with Crippen molar-refractivity contribution in [3.63, 3.8) is 0 Å². The summed E-state index contributed by atoms with van der Waals surface area (Å²) < 4.78 is 4.79. The molecule has 1 aliphatic carbocycles. The molecule has 2 aliphatic rings. The van der Waals surface area contributed by atoms with Crippen LogP contribution in [-0.4, -0.2) is 68.8 Å². The Balaban J connectivity index is 1.39. The number of carboxylic acid groups (broad SMARTS) is 2. The van der Waals surface area contributed by atoms with Crippen LogP contribution >= 0.6 is 0 Å². The highest BCUT2D eigenvalue weighted by Gasteiger charge is 2.28. The maximum absolute atomic E-state index is 12.1.